The van der Waals surface area contributed by atoms with E-state index in [2.05, 4.69) is 10.3 Å². The lowest BCUT2D eigenvalue weighted by molar-refractivity contribution is -0.139. The third kappa shape index (κ3) is 4.56. The number of ether oxygens (including phenoxy) is 1. The highest BCUT2D eigenvalue weighted by molar-refractivity contribution is 8.16. The van der Waals surface area contributed by atoms with E-state index in [1.807, 2.05) is 61.4 Å². The van der Waals surface area contributed by atoms with E-state index in [1.54, 1.807) is 6.92 Å². The summed E-state index contributed by atoms with van der Waals surface area (Å²) in [6.45, 7) is 7.94. The molecule has 1 aromatic carbocycles. The van der Waals surface area contributed by atoms with Gasteiger partial charge in [-0.1, -0.05) is 49.0 Å². The smallest absolute Gasteiger partial charge is 0.338 e. The second-order valence-corrected chi connectivity index (χ2v) is 7.91. The number of benzene rings is 1. The molecule has 1 amide bonds. The van der Waals surface area contributed by atoms with E-state index in [0.717, 1.165) is 22.8 Å². The van der Waals surface area contributed by atoms with E-state index in [1.165, 1.54) is 11.8 Å². The van der Waals surface area contributed by atoms with Crippen molar-refractivity contribution in [1.82, 2.24) is 10.2 Å². The summed E-state index contributed by atoms with van der Waals surface area (Å²) in [6, 6.07) is 9.55. The summed E-state index contributed by atoms with van der Waals surface area (Å²) in [6.07, 6.45) is 1.10. The summed E-state index contributed by atoms with van der Waals surface area (Å²) < 4.78 is 5.34. The first-order valence-electron chi connectivity index (χ1n) is 9.92. The highest BCUT2D eigenvalue weighted by Crippen LogP contribution is 2.44. The van der Waals surface area contributed by atoms with E-state index < -0.39 is 0 Å². The lowest BCUT2D eigenvalue weighted by atomic mass is 9.94. The summed E-state index contributed by atoms with van der Waals surface area (Å²) in [5.74, 6) is -0.412. The maximum Gasteiger partial charge on any atom is 0.338 e. The van der Waals surface area contributed by atoms with Crippen molar-refractivity contribution in [2.45, 2.75) is 52.6 Å². The maximum absolute atomic E-state index is 12.8. The minimum absolute atomic E-state index is 0.0387. The van der Waals surface area contributed by atoms with Crippen molar-refractivity contribution in [2.24, 2.45) is 4.99 Å². The number of carbonyl (C=O) groups is 2. The number of rotatable bonds is 7. The van der Waals surface area contributed by atoms with E-state index >= 15 is 0 Å². The number of nitrogens with zero attached hydrogens (tertiary/aromatic N) is 2. The van der Waals surface area contributed by atoms with Crippen LogP contribution in [0.1, 0.15) is 52.1 Å². The van der Waals surface area contributed by atoms with Gasteiger partial charge in [-0.15, -0.1) is 0 Å². The van der Waals surface area contributed by atoms with Gasteiger partial charge in [-0.3, -0.25) is 4.79 Å². The van der Waals surface area contributed by atoms with E-state index in [4.69, 9.17) is 4.74 Å². The summed E-state index contributed by atoms with van der Waals surface area (Å²) in [7, 11) is 0. The summed E-state index contributed by atoms with van der Waals surface area (Å²) in [5.41, 5.74) is 2.95. The topological polar surface area (TPSA) is 71.0 Å². The van der Waals surface area contributed by atoms with Crippen LogP contribution in [0, 0.1) is 0 Å². The van der Waals surface area contributed by atoms with Crippen molar-refractivity contribution < 1.29 is 14.3 Å². The van der Waals surface area contributed by atoms with Gasteiger partial charge in [0.1, 0.15) is 0 Å². The number of fused-ring (bicyclic) bond motifs is 1. The molecule has 1 N–H and O–H groups in total. The molecular formula is C22H27N3O3S. The lowest BCUT2D eigenvalue weighted by Gasteiger charge is -2.36. The average Bonchev–Trinajstić information content (AvgIpc) is 3.09. The second kappa shape index (κ2) is 9.31. The Kier molecular flexibility index (Phi) is 6.79. The van der Waals surface area contributed by atoms with Crippen LogP contribution in [-0.2, 0) is 14.3 Å². The first-order valence-corrected chi connectivity index (χ1v) is 10.8. The molecule has 0 bridgehead atoms. The van der Waals surface area contributed by atoms with Crippen LogP contribution in [0.5, 0.6) is 0 Å². The number of amidine groups is 1. The Bertz CT molecular complexity index is 877. The number of thioether (sulfide) groups is 1. The quantitative estimate of drug-likeness (QED) is 0.681. The Hall–Kier alpha value is -2.54. The van der Waals surface area contributed by atoms with E-state index in [9.17, 15) is 9.59 Å². The molecule has 2 atom stereocenters. The Balaban J connectivity index is 1.97. The standard InChI is InChI=1S/C22H27N3O3S/c1-5-14(3)23-18(26)12-17-13-29-22-24-15(4)19(21(27)28-6-2)20(25(17)22)16-10-8-7-9-11-16/h7-11,13-14,20H,5-6,12H2,1-4H3,(H,23,26). The van der Waals surface area contributed by atoms with Crippen molar-refractivity contribution in [1.29, 1.82) is 0 Å². The molecule has 3 rings (SSSR count). The van der Waals surface area contributed by atoms with Crippen molar-refractivity contribution in [3.05, 3.63) is 58.3 Å². The van der Waals surface area contributed by atoms with Gasteiger partial charge >= 0.3 is 5.97 Å². The SMILES string of the molecule is CCOC(=O)C1=C(C)N=C2SC=C(CC(=O)NC(C)CC)N2C1c1ccccc1. The Morgan fingerprint density at radius 2 is 2.00 bits per heavy atom. The van der Waals surface area contributed by atoms with Crippen LogP contribution in [0.4, 0.5) is 0 Å². The Morgan fingerprint density at radius 3 is 2.66 bits per heavy atom. The van der Waals surface area contributed by atoms with Crippen molar-refractivity contribution >= 4 is 28.8 Å². The predicted molar refractivity (Wildman–Crippen MR) is 116 cm³/mol. The van der Waals surface area contributed by atoms with E-state index in [-0.39, 0.29) is 30.4 Å². The van der Waals surface area contributed by atoms with Crippen LogP contribution < -0.4 is 5.32 Å². The number of allylic oxidation sites excluding steroid dienone is 1. The highest BCUT2D eigenvalue weighted by Gasteiger charge is 2.41. The van der Waals surface area contributed by atoms with Crippen LogP contribution in [-0.4, -0.2) is 34.6 Å². The third-order valence-electron chi connectivity index (χ3n) is 4.97. The zero-order valence-electron chi connectivity index (χ0n) is 17.3. The van der Waals surface area contributed by atoms with Crippen LogP contribution in [0.2, 0.25) is 0 Å². The molecule has 0 saturated heterocycles. The minimum Gasteiger partial charge on any atom is -0.463 e. The highest BCUT2D eigenvalue weighted by atomic mass is 32.2. The lowest BCUT2D eigenvalue weighted by Crippen LogP contribution is -2.39. The van der Waals surface area contributed by atoms with Crippen molar-refractivity contribution in [2.75, 3.05) is 6.61 Å². The summed E-state index contributed by atoms with van der Waals surface area (Å²) in [4.78, 5) is 32.0. The number of hydrogen-bond acceptors (Lipinski definition) is 6. The fraction of sp³-hybridized carbons (Fsp3) is 0.409. The van der Waals surface area contributed by atoms with Gasteiger partial charge in [0.25, 0.3) is 0 Å². The second-order valence-electron chi connectivity index (χ2n) is 7.08. The van der Waals surface area contributed by atoms with E-state index in [0.29, 0.717) is 17.9 Å². The van der Waals surface area contributed by atoms with Crippen molar-refractivity contribution in [3.8, 4) is 0 Å². The number of amides is 1. The molecule has 2 heterocycles. The third-order valence-corrected chi connectivity index (χ3v) is 5.86. The molecule has 7 heteroatoms. The molecule has 1 aromatic rings. The first kappa shape index (κ1) is 21.2. The van der Waals surface area contributed by atoms with Gasteiger partial charge in [-0.2, -0.15) is 0 Å². The number of esters is 1. The Labute approximate surface area is 176 Å². The van der Waals surface area contributed by atoms with Gasteiger partial charge < -0.3 is 15.0 Å². The monoisotopic (exact) mass is 413 g/mol. The van der Waals surface area contributed by atoms with Crippen LogP contribution >= 0.6 is 11.8 Å². The predicted octanol–water partition coefficient (Wildman–Crippen LogP) is 4.13. The largest absolute Gasteiger partial charge is 0.463 e. The van der Waals surface area contributed by atoms with Gasteiger partial charge in [0.05, 0.1) is 30.3 Å². The average molecular weight is 414 g/mol. The Morgan fingerprint density at radius 1 is 1.28 bits per heavy atom. The fourth-order valence-corrected chi connectivity index (χ4v) is 4.35. The summed E-state index contributed by atoms with van der Waals surface area (Å²) >= 11 is 1.48. The number of aliphatic imine (C=N–C) groups is 1. The molecule has 0 spiro atoms. The maximum atomic E-state index is 12.8. The molecule has 2 aliphatic rings. The van der Waals surface area contributed by atoms with Gasteiger partial charge in [0.2, 0.25) is 5.91 Å². The molecule has 0 aromatic heterocycles. The van der Waals surface area contributed by atoms with Crippen LogP contribution in [0.3, 0.4) is 0 Å². The van der Waals surface area contributed by atoms with Gasteiger partial charge in [0.15, 0.2) is 5.17 Å². The normalized spacial score (nSPS) is 19.3. The zero-order valence-corrected chi connectivity index (χ0v) is 18.1. The van der Waals surface area contributed by atoms with Gasteiger partial charge in [0, 0.05) is 11.7 Å². The molecule has 0 fully saturated rings. The number of carbonyl (C=O) groups excluding carboxylic acids is 2. The molecule has 2 unspecified atom stereocenters. The van der Waals surface area contributed by atoms with Crippen LogP contribution in [0.25, 0.3) is 0 Å². The molecule has 29 heavy (non-hydrogen) atoms. The summed E-state index contributed by atoms with van der Waals surface area (Å²) in [5, 5.41) is 5.73. The molecule has 0 aliphatic carbocycles. The zero-order chi connectivity index (χ0) is 21.0. The fourth-order valence-electron chi connectivity index (χ4n) is 3.38. The minimum atomic E-state index is -0.375. The molecular weight excluding hydrogens is 386 g/mol. The first-order chi connectivity index (χ1) is 14.0. The molecule has 154 valence electrons. The molecule has 0 saturated carbocycles. The molecule has 6 nitrogen and oxygen atoms in total. The number of nitrogens with one attached hydrogen (secondary N) is 1. The van der Waals surface area contributed by atoms with Crippen molar-refractivity contribution in [3.63, 3.8) is 0 Å². The number of hydrogen-bond donors (Lipinski definition) is 1. The van der Waals surface area contributed by atoms with Gasteiger partial charge in [-0.25, -0.2) is 9.79 Å². The van der Waals surface area contributed by atoms with Crippen LogP contribution in [0.15, 0.2) is 57.7 Å². The van der Waals surface area contributed by atoms with Gasteiger partial charge in [-0.05, 0) is 38.2 Å². The molecule has 2 aliphatic heterocycles. The molecule has 0 radical (unpaired) electrons.